The molecule has 0 aromatic carbocycles. The van der Waals surface area contributed by atoms with Crippen LogP contribution < -0.4 is 0 Å². The van der Waals surface area contributed by atoms with Crippen LogP contribution in [0.4, 0.5) is 0 Å². The van der Waals surface area contributed by atoms with Gasteiger partial charge in [-0.3, -0.25) is 4.90 Å². The van der Waals surface area contributed by atoms with Crippen LogP contribution in [0.2, 0.25) is 0 Å². The van der Waals surface area contributed by atoms with Gasteiger partial charge in [-0.25, -0.2) is 0 Å². The van der Waals surface area contributed by atoms with Crippen molar-refractivity contribution in [1.29, 1.82) is 0 Å². The Morgan fingerprint density at radius 1 is 1.54 bits per heavy atom. The van der Waals surface area contributed by atoms with Crippen molar-refractivity contribution in [2.45, 2.75) is 38.9 Å². The lowest BCUT2D eigenvalue weighted by atomic mass is 10.1. The van der Waals surface area contributed by atoms with Gasteiger partial charge in [0.15, 0.2) is 0 Å². The van der Waals surface area contributed by atoms with Crippen molar-refractivity contribution < 1.29 is 4.74 Å². The maximum atomic E-state index is 5.81. The monoisotopic (exact) mass is 205 g/mol. The van der Waals surface area contributed by atoms with E-state index in [2.05, 4.69) is 25.7 Å². The summed E-state index contributed by atoms with van der Waals surface area (Å²) in [7, 11) is 0. The second-order valence-electron chi connectivity index (χ2n) is 4.47. The maximum Gasteiger partial charge on any atom is 0.0757 e. The molecule has 0 N–H and O–H groups in total. The third-order valence-electron chi connectivity index (χ3n) is 2.25. The van der Waals surface area contributed by atoms with E-state index >= 15 is 0 Å². The van der Waals surface area contributed by atoms with Crippen molar-refractivity contribution in [2.75, 3.05) is 25.5 Å². The predicted molar refractivity (Wildman–Crippen MR) is 56.4 cm³/mol. The summed E-state index contributed by atoms with van der Waals surface area (Å²) < 4.78 is 5.81. The van der Waals surface area contributed by atoms with Crippen molar-refractivity contribution in [3.63, 3.8) is 0 Å². The van der Waals surface area contributed by atoms with E-state index in [1.54, 1.807) is 0 Å². The van der Waals surface area contributed by atoms with Crippen LogP contribution in [0.1, 0.15) is 27.2 Å². The molecule has 0 aromatic rings. The first-order valence-electron chi connectivity index (χ1n) is 4.99. The first-order valence-corrected chi connectivity index (χ1v) is 5.53. The Bertz CT molecular complexity index is 161. The molecule has 1 rings (SSSR count). The number of rotatable bonds is 3. The maximum absolute atomic E-state index is 5.81. The quantitative estimate of drug-likeness (QED) is 0.655. The Kier molecular flexibility index (Phi) is 4.02. The van der Waals surface area contributed by atoms with Gasteiger partial charge in [0, 0.05) is 19.0 Å². The molecule has 2 nitrogen and oxygen atoms in total. The minimum atomic E-state index is 0.00395. The zero-order valence-electron chi connectivity index (χ0n) is 8.85. The highest BCUT2D eigenvalue weighted by Gasteiger charge is 2.30. The summed E-state index contributed by atoms with van der Waals surface area (Å²) in [5.74, 6) is 0.756. The highest BCUT2D eigenvalue weighted by atomic mass is 35.5. The Morgan fingerprint density at radius 2 is 2.23 bits per heavy atom. The molecule has 0 bridgehead atoms. The van der Waals surface area contributed by atoms with Crippen molar-refractivity contribution in [2.24, 2.45) is 0 Å². The Morgan fingerprint density at radius 3 is 2.77 bits per heavy atom. The topological polar surface area (TPSA) is 12.5 Å². The number of alkyl halides is 1. The Balaban J connectivity index is 2.38. The van der Waals surface area contributed by atoms with E-state index in [0.29, 0.717) is 6.10 Å². The van der Waals surface area contributed by atoms with Crippen LogP contribution in [-0.4, -0.2) is 42.1 Å². The SMILES string of the molecule is CC1CN(CCCCl)CC(C)(C)O1. The molecule has 1 aliphatic heterocycles. The molecule has 0 spiro atoms. The van der Waals surface area contributed by atoms with Crippen LogP contribution in [0.5, 0.6) is 0 Å². The molecular formula is C10H20ClNO. The summed E-state index contributed by atoms with van der Waals surface area (Å²) in [4.78, 5) is 2.44. The fourth-order valence-corrected chi connectivity index (χ4v) is 2.16. The fourth-order valence-electron chi connectivity index (χ4n) is 2.04. The Hall–Kier alpha value is 0.210. The molecule has 1 aliphatic rings. The summed E-state index contributed by atoms with van der Waals surface area (Å²) in [6, 6.07) is 0. The molecule has 0 aliphatic carbocycles. The highest BCUT2D eigenvalue weighted by molar-refractivity contribution is 6.17. The van der Waals surface area contributed by atoms with Crippen LogP contribution in [-0.2, 0) is 4.74 Å². The molecule has 0 amide bonds. The molecule has 1 atom stereocenters. The van der Waals surface area contributed by atoms with Crippen LogP contribution in [0, 0.1) is 0 Å². The van der Waals surface area contributed by atoms with Crippen molar-refractivity contribution in [1.82, 2.24) is 4.90 Å². The lowest BCUT2D eigenvalue weighted by Crippen LogP contribution is -2.52. The lowest BCUT2D eigenvalue weighted by Gasteiger charge is -2.41. The first-order chi connectivity index (χ1) is 6.03. The van der Waals surface area contributed by atoms with Gasteiger partial charge in [0.2, 0.25) is 0 Å². The van der Waals surface area contributed by atoms with Gasteiger partial charge < -0.3 is 4.74 Å². The fraction of sp³-hybridized carbons (Fsp3) is 1.00. The predicted octanol–water partition coefficient (Wildman–Crippen LogP) is 2.11. The van der Waals surface area contributed by atoms with Gasteiger partial charge in [0.05, 0.1) is 11.7 Å². The van der Waals surface area contributed by atoms with Gasteiger partial charge in [0.25, 0.3) is 0 Å². The van der Waals surface area contributed by atoms with Gasteiger partial charge in [-0.15, -0.1) is 11.6 Å². The molecule has 78 valence electrons. The second-order valence-corrected chi connectivity index (χ2v) is 4.84. The number of ether oxygens (including phenoxy) is 1. The van der Waals surface area contributed by atoms with Gasteiger partial charge in [-0.05, 0) is 33.7 Å². The summed E-state index contributed by atoms with van der Waals surface area (Å²) in [5.41, 5.74) is 0.00395. The minimum Gasteiger partial charge on any atom is -0.370 e. The molecule has 0 aromatic heterocycles. The number of hydrogen-bond donors (Lipinski definition) is 0. The first kappa shape index (κ1) is 11.3. The molecule has 3 heteroatoms. The van der Waals surface area contributed by atoms with Crippen LogP contribution in [0.25, 0.3) is 0 Å². The smallest absolute Gasteiger partial charge is 0.0757 e. The number of nitrogens with zero attached hydrogens (tertiary/aromatic N) is 1. The van der Waals surface area contributed by atoms with E-state index in [-0.39, 0.29) is 5.60 Å². The molecular weight excluding hydrogens is 186 g/mol. The minimum absolute atomic E-state index is 0.00395. The van der Waals surface area contributed by atoms with Crippen molar-refractivity contribution in [3.8, 4) is 0 Å². The number of morpholine rings is 1. The molecule has 1 saturated heterocycles. The third-order valence-corrected chi connectivity index (χ3v) is 2.52. The highest BCUT2D eigenvalue weighted by Crippen LogP contribution is 2.20. The Labute approximate surface area is 86.2 Å². The van der Waals surface area contributed by atoms with Crippen LogP contribution in [0.3, 0.4) is 0 Å². The van der Waals surface area contributed by atoms with Gasteiger partial charge in [0.1, 0.15) is 0 Å². The van der Waals surface area contributed by atoms with Gasteiger partial charge >= 0.3 is 0 Å². The van der Waals surface area contributed by atoms with Crippen LogP contribution in [0.15, 0.2) is 0 Å². The average Bonchev–Trinajstić information content (AvgIpc) is 1.97. The van der Waals surface area contributed by atoms with E-state index in [0.717, 1.165) is 31.9 Å². The molecule has 13 heavy (non-hydrogen) atoms. The summed E-state index contributed by atoms with van der Waals surface area (Å²) in [6.07, 6.45) is 1.42. The molecule has 0 saturated carbocycles. The number of hydrogen-bond acceptors (Lipinski definition) is 2. The van der Waals surface area contributed by atoms with E-state index in [1.807, 2.05) is 0 Å². The van der Waals surface area contributed by atoms with Crippen molar-refractivity contribution >= 4 is 11.6 Å². The summed E-state index contributed by atoms with van der Waals surface area (Å²) in [6.45, 7) is 9.59. The molecule has 0 radical (unpaired) electrons. The molecule has 1 heterocycles. The van der Waals surface area contributed by atoms with Gasteiger partial charge in [-0.1, -0.05) is 0 Å². The van der Waals surface area contributed by atoms with E-state index in [9.17, 15) is 0 Å². The lowest BCUT2D eigenvalue weighted by molar-refractivity contribution is -0.128. The zero-order valence-corrected chi connectivity index (χ0v) is 9.60. The van der Waals surface area contributed by atoms with E-state index in [4.69, 9.17) is 16.3 Å². The third kappa shape index (κ3) is 3.84. The zero-order chi connectivity index (χ0) is 9.90. The summed E-state index contributed by atoms with van der Waals surface area (Å²) in [5, 5.41) is 0. The standard InChI is InChI=1S/C10H20ClNO/c1-9-7-12(6-4-5-11)8-10(2,3)13-9/h9H,4-8H2,1-3H3. The number of halogens is 1. The molecule has 1 fully saturated rings. The normalized spacial score (nSPS) is 29.1. The van der Waals surface area contributed by atoms with E-state index in [1.165, 1.54) is 0 Å². The second kappa shape index (κ2) is 4.63. The average molecular weight is 206 g/mol. The molecule has 1 unspecified atom stereocenters. The van der Waals surface area contributed by atoms with E-state index < -0.39 is 0 Å². The van der Waals surface area contributed by atoms with Crippen molar-refractivity contribution in [3.05, 3.63) is 0 Å². The summed E-state index contributed by atoms with van der Waals surface area (Å²) >= 11 is 5.67. The largest absolute Gasteiger partial charge is 0.370 e. The van der Waals surface area contributed by atoms with Crippen LogP contribution >= 0.6 is 11.6 Å². The van der Waals surface area contributed by atoms with Gasteiger partial charge in [-0.2, -0.15) is 0 Å².